The highest BCUT2D eigenvalue weighted by molar-refractivity contribution is 5.72. The summed E-state index contributed by atoms with van der Waals surface area (Å²) in [5.74, 6) is 1.59. The lowest BCUT2D eigenvalue weighted by molar-refractivity contribution is 0.435. The minimum absolute atomic E-state index is 0.0804. The highest BCUT2D eigenvalue weighted by atomic mass is 16.5. The lowest BCUT2D eigenvalue weighted by atomic mass is 10.2. The van der Waals surface area contributed by atoms with Gasteiger partial charge in [-0.05, 0) is 43.3 Å². The number of hydrogen-bond acceptors (Lipinski definition) is 7. The third-order valence-corrected chi connectivity index (χ3v) is 3.81. The van der Waals surface area contributed by atoms with Crippen LogP contribution >= 0.6 is 0 Å². The SMILES string of the molecule is Cc1cc(O)n2nc(Nc3ccc(Oc4ccncc4)cc3)c(C#N)c2n1. The van der Waals surface area contributed by atoms with Crippen LogP contribution in [0.1, 0.15) is 11.3 Å². The van der Waals surface area contributed by atoms with Crippen LogP contribution in [0.15, 0.2) is 54.9 Å². The minimum atomic E-state index is -0.0804. The molecule has 0 spiro atoms. The van der Waals surface area contributed by atoms with E-state index >= 15 is 0 Å². The van der Waals surface area contributed by atoms with E-state index in [1.54, 1.807) is 55.7 Å². The van der Waals surface area contributed by atoms with Crippen LogP contribution in [0.5, 0.6) is 17.4 Å². The van der Waals surface area contributed by atoms with Crippen LogP contribution < -0.4 is 10.1 Å². The number of benzene rings is 1. The molecule has 0 saturated carbocycles. The highest BCUT2D eigenvalue weighted by Gasteiger charge is 2.16. The topological polar surface area (TPSA) is 108 Å². The van der Waals surface area contributed by atoms with Crippen LogP contribution in [0.3, 0.4) is 0 Å². The van der Waals surface area contributed by atoms with Crippen molar-refractivity contribution in [3.05, 3.63) is 66.1 Å². The summed E-state index contributed by atoms with van der Waals surface area (Å²) in [5, 5.41) is 26.8. The number of hydrogen-bond donors (Lipinski definition) is 2. The second-order valence-corrected chi connectivity index (χ2v) is 5.76. The van der Waals surface area contributed by atoms with Crippen LogP contribution in [0, 0.1) is 18.3 Å². The number of rotatable bonds is 4. The highest BCUT2D eigenvalue weighted by Crippen LogP contribution is 2.27. The van der Waals surface area contributed by atoms with Crippen molar-refractivity contribution in [1.82, 2.24) is 19.6 Å². The van der Waals surface area contributed by atoms with Gasteiger partial charge in [0.05, 0.1) is 0 Å². The number of ether oxygens (including phenoxy) is 1. The largest absolute Gasteiger partial charge is 0.493 e. The molecule has 8 nitrogen and oxygen atoms in total. The Labute approximate surface area is 154 Å². The Bertz CT molecular complexity index is 1150. The van der Waals surface area contributed by atoms with E-state index in [2.05, 4.69) is 26.5 Å². The number of nitriles is 1. The van der Waals surface area contributed by atoms with Gasteiger partial charge in [-0.2, -0.15) is 9.78 Å². The summed E-state index contributed by atoms with van der Waals surface area (Å²) in [7, 11) is 0. The van der Waals surface area contributed by atoms with E-state index in [4.69, 9.17) is 4.74 Å². The van der Waals surface area contributed by atoms with Crippen molar-refractivity contribution in [2.75, 3.05) is 5.32 Å². The van der Waals surface area contributed by atoms with Crippen LogP contribution in [0.25, 0.3) is 5.65 Å². The third kappa shape index (κ3) is 3.21. The number of fused-ring (bicyclic) bond motifs is 1. The van der Waals surface area contributed by atoms with Gasteiger partial charge in [0, 0.05) is 29.8 Å². The lowest BCUT2D eigenvalue weighted by Crippen LogP contribution is -1.94. The van der Waals surface area contributed by atoms with E-state index in [0.717, 1.165) is 0 Å². The molecular weight excluding hydrogens is 344 g/mol. The van der Waals surface area contributed by atoms with Crippen LogP contribution in [0.4, 0.5) is 11.5 Å². The summed E-state index contributed by atoms with van der Waals surface area (Å²) in [6.07, 6.45) is 3.31. The maximum Gasteiger partial charge on any atom is 0.215 e. The van der Waals surface area contributed by atoms with Crippen molar-refractivity contribution >= 4 is 17.2 Å². The molecule has 8 heteroatoms. The van der Waals surface area contributed by atoms with Crippen molar-refractivity contribution in [1.29, 1.82) is 5.26 Å². The molecule has 2 N–H and O–H groups in total. The molecule has 0 aliphatic carbocycles. The van der Waals surface area contributed by atoms with Gasteiger partial charge in [-0.3, -0.25) is 4.98 Å². The van der Waals surface area contributed by atoms with Crippen LogP contribution in [-0.2, 0) is 0 Å². The molecule has 0 aliphatic rings. The summed E-state index contributed by atoms with van der Waals surface area (Å²) in [6.45, 7) is 1.74. The fraction of sp³-hybridized carbons (Fsp3) is 0.0526. The van der Waals surface area contributed by atoms with Gasteiger partial charge in [0.25, 0.3) is 0 Å². The second kappa shape index (κ2) is 6.65. The van der Waals surface area contributed by atoms with Crippen LogP contribution in [-0.4, -0.2) is 24.7 Å². The van der Waals surface area contributed by atoms with Gasteiger partial charge >= 0.3 is 0 Å². The van der Waals surface area contributed by atoms with Gasteiger partial charge in [0.15, 0.2) is 11.5 Å². The number of aryl methyl sites for hydroxylation is 1. The number of anilines is 2. The number of aromatic nitrogens is 4. The van der Waals surface area contributed by atoms with Crippen LogP contribution in [0.2, 0.25) is 0 Å². The smallest absolute Gasteiger partial charge is 0.215 e. The summed E-state index contributed by atoms with van der Waals surface area (Å²) >= 11 is 0. The van der Waals surface area contributed by atoms with E-state index in [1.807, 2.05) is 0 Å². The van der Waals surface area contributed by atoms with Crippen molar-refractivity contribution in [2.24, 2.45) is 0 Å². The molecule has 1 aromatic carbocycles. The van der Waals surface area contributed by atoms with Gasteiger partial charge in [-0.15, -0.1) is 5.10 Å². The maximum absolute atomic E-state index is 10.0. The van der Waals surface area contributed by atoms with E-state index < -0.39 is 0 Å². The van der Waals surface area contributed by atoms with Gasteiger partial charge in [0.1, 0.15) is 23.1 Å². The predicted molar refractivity (Wildman–Crippen MR) is 98.1 cm³/mol. The molecule has 0 radical (unpaired) electrons. The summed E-state index contributed by atoms with van der Waals surface area (Å²) in [4.78, 5) is 8.23. The molecule has 4 aromatic rings. The Balaban J connectivity index is 1.61. The van der Waals surface area contributed by atoms with Crippen molar-refractivity contribution in [3.63, 3.8) is 0 Å². The molecule has 0 fully saturated rings. The fourth-order valence-electron chi connectivity index (χ4n) is 2.60. The zero-order valence-electron chi connectivity index (χ0n) is 14.3. The van der Waals surface area contributed by atoms with E-state index in [-0.39, 0.29) is 11.4 Å². The number of pyridine rings is 1. The first-order valence-electron chi connectivity index (χ1n) is 8.08. The molecule has 0 amide bonds. The molecule has 0 bridgehead atoms. The average Bonchev–Trinajstić information content (AvgIpc) is 3.01. The number of nitrogens with zero attached hydrogens (tertiary/aromatic N) is 5. The Morgan fingerprint density at radius 2 is 1.81 bits per heavy atom. The maximum atomic E-state index is 10.0. The molecule has 3 heterocycles. The second-order valence-electron chi connectivity index (χ2n) is 5.76. The van der Waals surface area contributed by atoms with Gasteiger partial charge < -0.3 is 15.2 Å². The first kappa shape index (κ1) is 16.4. The summed E-state index contributed by atoms with van der Waals surface area (Å²) < 4.78 is 6.95. The molecule has 4 rings (SSSR count). The number of aromatic hydroxyl groups is 1. The lowest BCUT2D eigenvalue weighted by Gasteiger charge is -2.07. The van der Waals surface area contributed by atoms with Crippen molar-refractivity contribution < 1.29 is 9.84 Å². The molecule has 0 atom stereocenters. The standard InChI is InChI=1S/C19H14N6O2/c1-12-10-17(26)25-19(22-12)16(11-20)18(24-25)23-13-2-4-14(5-3-13)27-15-6-8-21-9-7-15/h2-10,26H,1H3,(H,23,24). The normalized spacial score (nSPS) is 10.5. The Morgan fingerprint density at radius 1 is 1.11 bits per heavy atom. The van der Waals surface area contributed by atoms with Gasteiger partial charge in [-0.25, -0.2) is 4.98 Å². The van der Waals surface area contributed by atoms with E-state index in [1.165, 1.54) is 10.6 Å². The molecule has 0 saturated heterocycles. The summed E-state index contributed by atoms with van der Waals surface area (Å²) in [5.41, 5.74) is 1.87. The molecule has 27 heavy (non-hydrogen) atoms. The molecule has 0 aliphatic heterocycles. The predicted octanol–water partition coefficient (Wildman–Crippen LogP) is 3.55. The Kier molecular flexibility index (Phi) is 4.03. The third-order valence-electron chi connectivity index (χ3n) is 3.81. The van der Waals surface area contributed by atoms with Gasteiger partial charge in [0.2, 0.25) is 5.88 Å². The molecule has 0 unspecified atom stereocenters. The Hall–Kier alpha value is -4.12. The first-order chi connectivity index (χ1) is 13.1. The number of nitrogens with one attached hydrogen (secondary N) is 1. The first-order valence-corrected chi connectivity index (χ1v) is 8.08. The van der Waals surface area contributed by atoms with E-state index in [9.17, 15) is 10.4 Å². The molecular formula is C19H14N6O2. The quantitative estimate of drug-likeness (QED) is 0.574. The zero-order valence-corrected chi connectivity index (χ0v) is 14.3. The monoisotopic (exact) mass is 358 g/mol. The average molecular weight is 358 g/mol. The van der Waals surface area contributed by atoms with Crippen molar-refractivity contribution in [3.8, 4) is 23.4 Å². The van der Waals surface area contributed by atoms with E-state index in [0.29, 0.717) is 34.3 Å². The van der Waals surface area contributed by atoms with Gasteiger partial charge in [-0.1, -0.05) is 0 Å². The fourth-order valence-corrected chi connectivity index (χ4v) is 2.60. The molecule has 132 valence electrons. The summed E-state index contributed by atoms with van der Waals surface area (Å²) in [6, 6.07) is 14.3. The molecule has 3 aromatic heterocycles. The van der Waals surface area contributed by atoms with Crippen molar-refractivity contribution in [2.45, 2.75) is 6.92 Å². The zero-order chi connectivity index (χ0) is 18.8. The Morgan fingerprint density at radius 3 is 2.52 bits per heavy atom. The minimum Gasteiger partial charge on any atom is -0.493 e.